The van der Waals surface area contributed by atoms with Crippen LogP contribution in [0.25, 0.3) is 0 Å². The Morgan fingerprint density at radius 3 is 2.69 bits per heavy atom. The van der Waals surface area contributed by atoms with Crippen LogP contribution in [0.4, 0.5) is 0 Å². The molecule has 0 saturated carbocycles. The standard InChI is InChI=1S/C11H17N3O2/c15-9-10-7-13-11(8-12-10)16-6-5-14-3-1-2-4-14/h7-8,15H,1-6,9H2. The average Bonchev–Trinajstić information content (AvgIpc) is 2.83. The first-order valence-electron chi connectivity index (χ1n) is 5.65. The highest BCUT2D eigenvalue weighted by molar-refractivity contribution is 5.06. The number of hydrogen-bond acceptors (Lipinski definition) is 5. The Morgan fingerprint density at radius 2 is 2.06 bits per heavy atom. The lowest BCUT2D eigenvalue weighted by atomic mass is 10.4. The number of likely N-dealkylation sites (tertiary alicyclic amines) is 1. The molecule has 1 saturated heterocycles. The van der Waals surface area contributed by atoms with Crippen LogP contribution in [0.1, 0.15) is 18.5 Å². The first kappa shape index (κ1) is 11.3. The largest absolute Gasteiger partial charge is 0.475 e. The number of hydrogen-bond donors (Lipinski definition) is 1. The maximum absolute atomic E-state index is 8.80. The summed E-state index contributed by atoms with van der Waals surface area (Å²) in [5.41, 5.74) is 0.562. The third kappa shape index (κ3) is 3.15. The molecule has 0 aliphatic carbocycles. The van der Waals surface area contributed by atoms with Gasteiger partial charge in [-0.15, -0.1) is 0 Å². The van der Waals surface area contributed by atoms with Crippen LogP contribution in [0.15, 0.2) is 12.4 Å². The fourth-order valence-corrected chi connectivity index (χ4v) is 1.78. The summed E-state index contributed by atoms with van der Waals surface area (Å²) in [5, 5.41) is 8.80. The minimum absolute atomic E-state index is 0.0823. The van der Waals surface area contributed by atoms with Gasteiger partial charge in [0.15, 0.2) is 0 Å². The SMILES string of the molecule is OCc1cnc(OCCN2CCCC2)cn1. The quantitative estimate of drug-likeness (QED) is 0.785. The van der Waals surface area contributed by atoms with Gasteiger partial charge in [-0.25, -0.2) is 4.98 Å². The van der Waals surface area contributed by atoms with E-state index in [0.717, 1.165) is 6.54 Å². The van der Waals surface area contributed by atoms with Gasteiger partial charge >= 0.3 is 0 Å². The van der Waals surface area contributed by atoms with Gasteiger partial charge in [0.2, 0.25) is 5.88 Å². The smallest absolute Gasteiger partial charge is 0.232 e. The van der Waals surface area contributed by atoms with Crippen molar-refractivity contribution in [2.24, 2.45) is 0 Å². The van der Waals surface area contributed by atoms with E-state index >= 15 is 0 Å². The lowest BCUT2D eigenvalue weighted by Gasteiger charge is -2.14. The minimum Gasteiger partial charge on any atom is -0.475 e. The van der Waals surface area contributed by atoms with Crippen LogP contribution >= 0.6 is 0 Å². The molecule has 2 rings (SSSR count). The summed E-state index contributed by atoms with van der Waals surface area (Å²) in [6, 6.07) is 0. The summed E-state index contributed by atoms with van der Waals surface area (Å²) in [6.45, 7) is 3.87. The average molecular weight is 223 g/mol. The molecule has 1 aliphatic rings. The zero-order valence-corrected chi connectivity index (χ0v) is 9.30. The van der Waals surface area contributed by atoms with E-state index in [-0.39, 0.29) is 6.61 Å². The topological polar surface area (TPSA) is 58.5 Å². The van der Waals surface area contributed by atoms with Crippen molar-refractivity contribution in [2.75, 3.05) is 26.2 Å². The zero-order chi connectivity index (χ0) is 11.2. The highest BCUT2D eigenvalue weighted by atomic mass is 16.5. The molecule has 0 amide bonds. The molecular formula is C11H17N3O2. The van der Waals surface area contributed by atoms with Crippen molar-refractivity contribution >= 4 is 0 Å². The third-order valence-corrected chi connectivity index (χ3v) is 2.70. The molecule has 1 fully saturated rings. The van der Waals surface area contributed by atoms with Crippen molar-refractivity contribution in [3.05, 3.63) is 18.1 Å². The van der Waals surface area contributed by atoms with Gasteiger partial charge in [0, 0.05) is 6.54 Å². The third-order valence-electron chi connectivity index (χ3n) is 2.70. The van der Waals surface area contributed by atoms with Crippen molar-refractivity contribution in [1.82, 2.24) is 14.9 Å². The van der Waals surface area contributed by atoms with Gasteiger partial charge < -0.3 is 9.84 Å². The van der Waals surface area contributed by atoms with E-state index in [4.69, 9.17) is 9.84 Å². The lowest BCUT2D eigenvalue weighted by molar-refractivity contribution is 0.230. The van der Waals surface area contributed by atoms with Gasteiger partial charge in [0.05, 0.1) is 24.7 Å². The van der Waals surface area contributed by atoms with E-state index < -0.39 is 0 Å². The van der Waals surface area contributed by atoms with Gasteiger partial charge in [-0.3, -0.25) is 9.88 Å². The number of rotatable bonds is 5. The number of ether oxygens (including phenoxy) is 1. The monoisotopic (exact) mass is 223 g/mol. The van der Waals surface area contributed by atoms with E-state index in [1.165, 1.54) is 32.1 Å². The van der Waals surface area contributed by atoms with Crippen molar-refractivity contribution < 1.29 is 9.84 Å². The Kier molecular flexibility index (Phi) is 4.07. The Balaban J connectivity index is 1.71. The van der Waals surface area contributed by atoms with E-state index in [1.807, 2.05) is 0 Å². The molecule has 0 aromatic carbocycles. The number of aromatic nitrogens is 2. The second kappa shape index (κ2) is 5.77. The van der Waals surface area contributed by atoms with E-state index in [1.54, 1.807) is 6.20 Å². The molecule has 2 heterocycles. The fourth-order valence-electron chi connectivity index (χ4n) is 1.78. The first-order valence-corrected chi connectivity index (χ1v) is 5.65. The van der Waals surface area contributed by atoms with Gasteiger partial charge in [-0.2, -0.15) is 0 Å². The van der Waals surface area contributed by atoms with Crippen molar-refractivity contribution in [2.45, 2.75) is 19.4 Å². The molecule has 5 nitrogen and oxygen atoms in total. The highest BCUT2D eigenvalue weighted by Gasteiger charge is 2.10. The lowest BCUT2D eigenvalue weighted by Crippen LogP contribution is -2.25. The van der Waals surface area contributed by atoms with Crippen LogP contribution < -0.4 is 4.74 Å². The molecule has 0 radical (unpaired) electrons. The second-order valence-corrected chi connectivity index (χ2v) is 3.90. The summed E-state index contributed by atoms with van der Waals surface area (Å²) in [4.78, 5) is 10.4. The maximum Gasteiger partial charge on any atom is 0.232 e. The first-order chi connectivity index (χ1) is 7.88. The molecule has 1 N–H and O–H groups in total. The van der Waals surface area contributed by atoms with E-state index in [9.17, 15) is 0 Å². The fraction of sp³-hybridized carbons (Fsp3) is 0.636. The molecular weight excluding hydrogens is 206 g/mol. The summed E-state index contributed by atoms with van der Waals surface area (Å²) in [6.07, 6.45) is 5.68. The highest BCUT2D eigenvalue weighted by Crippen LogP contribution is 2.07. The summed E-state index contributed by atoms with van der Waals surface area (Å²) in [7, 11) is 0. The van der Waals surface area contributed by atoms with Crippen LogP contribution in [0, 0.1) is 0 Å². The van der Waals surface area contributed by atoms with Crippen molar-refractivity contribution in [3.8, 4) is 5.88 Å². The molecule has 1 aromatic rings. The normalized spacial score (nSPS) is 16.6. The Hall–Kier alpha value is -1.20. The van der Waals surface area contributed by atoms with Crippen LogP contribution in [-0.4, -0.2) is 46.2 Å². The maximum atomic E-state index is 8.80. The van der Waals surface area contributed by atoms with Crippen LogP contribution in [0.3, 0.4) is 0 Å². The van der Waals surface area contributed by atoms with Crippen molar-refractivity contribution in [1.29, 1.82) is 0 Å². The van der Waals surface area contributed by atoms with Gasteiger partial charge in [-0.1, -0.05) is 0 Å². The molecule has 1 aromatic heterocycles. The molecule has 0 spiro atoms. The van der Waals surface area contributed by atoms with Crippen LogP contribution in [0.2, 0.25) is 0 Å². The second-order valence-electron chi connectivity index (χ2n) is 3.90. The predicted molar refractivity (Wildman–Crippen MR) is 59.1 cm³/mol. The molecule has 0 bridgehead atoms. The van der Waals surface area contributed by atoms with Gasteiger partial charge in [0.1, 0.15) is 6.61 Å². The molecule has 0 atom stereocenters. The minimum atomic E-state index is -0.0823. The van der Waals surface area contributed by atoms with E-state index in [2.05, 4.69) is 14.9 Å². The van der Waals surface area contributed by atoms with E-state index in [0.29, 0.717) is 18.2 Å². The van der Waals surface area contributed by atoms with Crippen LogP contribution in [0.5, 0.6) is 5.88 Å². The summed E-state index contributed by atoms with van der Waals surface area (Å²) in [5.74, 6) is 0.524. The Morgan fingerprint density at radius 1 is 1.25 bits per heavy atom. The van der Waals surface area contributed by atoms with Crippen LogP contribution in [-0.2, 0) is 6.61 Å². The number of aliphatic hydroxyl groups excluding tert-OH is 1. The number of nitrogens with zero attached hydrogens (tertiary/aromatic N) is 3. The molecule has 1 aliphatic heterocycles. The molecule has 0 unspecified atom stereocenters. The summed E-state index contributed by atoms with van der Waals surface area (Å²) < 4.78 is 5.47. The predicted octanol–water partition coefficient (Wildman–Crippen LogP) is 0.444. The molecule has 16 heavy (non-hydrogen) atoms. The summed E-state index contributed by atoms with van der Waals surface area (Å²) >= 11 is 0. The Bertz CT molecular complexity index is 310. The molecule has 5 heteroatoms. The number of aliphatic hydroxyl groups is 1. The molecule has 88 valence electrons. The van der Waals surface area contributed by atoms with Gasteiger partial charge in [0.25, 0.3) is 0 Å². The Labute approximate surface area is 95.1 Å². The zero-order valence-electron chi connectivity index (χ0n) is 9.30. The van der Waals surface area contributed by atoms with Crippen molar-refractivity contribution in [3.63, 3.8) is 0 Å². The van der Waals surface area contributed by atoms with Gasteiger partial charge in [-0.05, 0) is 25.9 Å².